The van der Waals surface area contributed by atoms with Crippen LogP contribution in [0.2, 0.25) is 0 Å². The Balaban J connectivity index is 1.61. The van der Waals surface area contributed by atoms with Crippen molar-refractivity contribution < 1.29 is 18.3 Å². The number of benzene rings is 1. The zero-order chi connectivity index (χ0) is 22.6. The Bertz CT molecular complexity index is 1170. The summed E-state index contributed by atoms with van der Waals surface area (Å²) >= 11 is 0. The van der Waals surface area contributed by atoms with Crippen LogP contribution >= 0.6 is 0 Å². The largest absolute Gasteiger partial charge is 0.507 e. The van der Waals surface area contributed by atoms with Crippen molar-refractivity contribution in [3.63, 3.8) is 0 Å². The van der Waals surface area contributed by atoms with Crippen molar-refractivity contribution in [3.8, 4) is 17.0 Å². The molecule has 10 heteroatoms. The number of phenolic OH excluding ortho intramolecular Hbond substituents is 1. The van der Waals surface area contributed by atoms with Gasteiger partial charge in [0.25, 0.3) is 0 Å². The van der Waals surface area contributed by atoms with Crippen LogP contribution in [0.25, 0.3) is 22.3 Å². The number of likely N-dealkylation sites (tertiary alicyclic amines) is 1. The van der Waals surface area contributed by atoms with E-state index < -0.39 is 17.5 Å². The van der Waals surface area contributed by atoms with Gasteiger partial charge in [-0.2, -0.15) is 13.2 Å². The molecule has 2 N–H and O–H groups in total. The maximum absolute atomic E-state index is 13.1. The molecule has 5 rings (SSSR count). The molecule has 1 saturated heterocycles. The topological polar surface area (TPSA) is 79.1 Å². The van der Waals surface area contributed by atoms with E-state index in [-0.39, 0.29) is 11.6 Å². The van der Waals surface area contributed by atoms with Crippen molar-refractivity contribution in [2.45, 2.75) is 43.8 Å². The lowest BCUT2D eigenvalue weighted by Crippen LogP contribution is -2.40. The normalized spacial score (nSPS) is 20.1. The third-order valence-electron chi connectivity index (χ3n) is 6.32. The van der Waals surface area contributed by atoms with Crippen LogP contribution < -0.4 is 5.32 Å². The molecule has 0 amide bonds. The minimum absolute atomic E-state index is 0.199. The molecule has 2 fully saturated rings. The number of hydrogen-bond acceptors (Lipinski definition) is 6. The number of nitrogens with one attached hydrogen (secondary N) is 1. The molecule has 1 saturated carbocycles. The van der Waals surface area contributed by atoms with Gasteiger partial charge in [-0.05, 0) is 57.5 Å². The molecule has 7 nitrogen and oxygen atoms in total. The molecule has 0 spiro atoms. The number of piperidine rings is 1. The van der Waals surface area contributed by atoms with Crippen LogP contribution in [0.1, 0.15) is 43.0 Å². The standard InChI is InChI=1S/C22H25F3N6O/c1-30-9-3-4-14(11-30)26-20-18-19(31(2)21(27-18)12-5-6-12)17(28-29-20)15-8-7-13(10-16(15)32)22(23,24)25/h7-8,10,12,14,32H,3-6,9,11H2,1-2H3,(H,26,29)/t14-/m1/s1. The molecule has 0 radical (unpaired) electrons. The van der Waals surface area contributed by atoms with E-state index in [4.69, 9.17) is 4.98 Å². The summed E-state index contributed by atoms with van der Waals surface area (Å²) in [6.45, 7) is 1.94. The quantitative estimate of drug-likeness (QED) is 0.627. The third-order valence-corrected chi connectivity index (χ3v) is 6.32. The lowest BCUT2D eigenvalue weighted by molar-refractivity contribution is -0.137. The maximum Gasteiger partial charge on any atom is 0.416 e. The highest BCUT2D eigenvalue weighted by atomic mass is 19.4. The van der Waals surface area contributed by atoms with E-state index >= 15 is 0 Å². The van der Waals surface area contributed by atoms with E-state index in [0.29, 0.717) is 28.5 Å². The first kappa shape index (κ1) is 21.0. The molecular formula is C22H25F3N6O. The number of aromatic nitrogens is 4. The second-order valence-electron chi connectivity index (χ2n) is 8.87. The van der Waals surface area contributed by atoms with E-state index in [1.807, 2.05) is 11.6 Å². The Labute approximate surface area is 183 Å². The number of aryl methyl sites for hydroxylation is 1. The van der Waals surface area contributed by atoms with Crippen LogP contribution in [-0.4, -0.2) is 55.9 Å². The minimum Gasteiger partial charge on any atom is -0.507 e. The number of hydrogen-bond donors (Lipinski definition) is 2. The van der Waals surface area contributed by atoms with Crippen molar-refractivity contribution in [2.75, 3.05) is 25.5 Å². The Morgan fingerprint density at radius 2 is 1.91 bits per heavy atom. The molecule has 32 heavy (non-hydrogen) atoms. The summed E-state index contributed by atoms with van der Waals surface area (Å²) in [5.74, 6) is 1.35. The Hall–Kier alpha value is -2.88. The predicted molar refractivity (Wildman–Crippen MR) is 115 cm³/mol. The summed E-state index contributed by atoms with van der Waals surface area (Å²) in [5, 5.41) is 22.6. The lowest BCUT2D eigenvalue weighted by Gasteiger charge is -2.30. The molecule has 1 aliphatic heterocycles. The number of phenols is 1. The van der Waals surface area contributed by atoms with Gasteiger partial charge in [0.05, 0.1) is 5.56 Å². The van der Waals surface area contributed by atoms with E-state index in [1.165, 1.54) is 6.07 Å². The van der Waals surface area contributed by atoms with Crippen molar-refractivity contribution in [2.24, 2.45) is 7.05 Å². The average Bonchev–Trinajstić information content (AvgIpc) is 3.51. The minimum atomic E-state index is -4.54. The predicted octanol–water partition coefficient (Wildman–Crippen LogP) is 4.14. The third kappa shape index (κ3) is 3.76. The van der Waals surface area contributed by atoms with Gasteiger partial charge in [0.15, 0.2) is 5.82 Å². The number of anilines is 1. The first-order chi connectivity index (χ1) is 15.2. The summed E-state index contributed by atoms with van der Waals surface area (Å²) in [6.07, 6.45) is -0.344. The molecule has 170 valence electrons. The fraction of sp³-hybridized carbons (Fsp3) is 0.500. The second kappa shape index (κ2) is 7.61. The van der Waals surface area contributed by atoms with Crippen LogP contribution in [-0.2, 0) is 13.2 Å². The van der Waals surface area contributed by atoms with Crippen molar-refractivity contribution in [1.82, 2.24) is 24.6 Å². The smallest absolute Gasteiger partial charge is 0.416 e. The van der Waals surface area contributed by atoms with Gasteiger partial charge in [-0.3, -0.25) is 0 Å². The number of imidazole rings is 1. The van der Waals surface area contributed by atoms with Crippen molar-refractivity contribution in [3.05, 3.63) is 29.6 Å². The van der Waals surface area contributed by atoms with Crippen LogP contribution in [0.3, 0.4) is 0 Å². The highest BCUT2D eigenvalue weighted by Crippen LogP contribution is 2.43. The molecule has 2 aromatic heterocycles. The first-order valence-electron chi connectivity index (χ1n) is 10.8. The summed E-state index contributed by atoms with van der Waals surface area (Å²) in [4.78, 5) is 7.11. The highest BCUT2D eigenvalue weighted by Gasteiger charge is 2.33. The summed E-state index contributed by atoms with van der Waals surface area (Å²) in [5.41, 5.74) is 0.895. The Morgan fingerprint density at radius 3 is 2.56 bits per heavy atom. The summed E-state index contributed by atoms with van der Waals surface area (Å²) < 4.78 is 41.1. The molecule has 3 aromatic rings. The van der Waals surface area contributed by atoms with Crippen LogP contribution in [0.4, 0.5) is 19.0 Å². The Kier molecular flexibility index (Phi) is 4.99. The Morgan fingerprint density at radius 1 is 1.12 bits per heavy atom. The first-order valence-corrected chi connectivity index (χ1v) is 10.8. The average molecular weight is 446 g/mol. The van der Waals surface area contributed by atoms with Gasteiger partial charge in [-0.1, -0.05) is 0 Å². The molecule has 1 atom stereocenters. The summed E-state index contributed by atoms with van der Waals surface area (Å²) in [7, 11) is 3.96. The van der Waals surface area contributed by atoms with E-state index in [0.717, 1.165) is 56.7 Å². The monoisotopic (exact) mass is 446 g/mol. The van der Waals surface area contributed by atoms with E-state index in [1.54, 1.807) is 0 Å². The van der Waals surface area contributed by atoms with Gasteiger partial charge in [0, 0.05) is 31.1 Å². The number of halogens is 3. The highest BCUT2D eigenvalue weighted by molar-refractivity contribution is 5.97. The number of alkyl halides is 3. The maximum atomic E-state index is 13.1. The van der Waals surface area contributed by atoms with Gasteiger partial charge in [0.1, 0.15) is 28.3 Å². The van der Waals surface area contributed by atoms with Gasteiger partial charge in [-0.15, -0.1) is 10.2 Å². The number of likely N-dealkylation sites (N-methyl/N-ethyl adjacent to an activating group) is 1. The fourth-order valence-corrected chi connectivity index (χ4v) is 4.52. The number of nitrogens with zero attached hydrogens (tertiary/aromatic N) is 5. The number of fused-ring (bicyclic) bond motifs is 1. The van der Waals surface area contributed by atoms with Crippen LogP contribution in [0, 0.1) is 0 Å². The second-order valence-corrected chi connectivity index (χ2v) is 8.87. The van der Waals surface area contributed by atoms with E-state index in [2.05, 4.69) is 27.5 Å². The van der Waals surface area contributed by atoms with Crippen molar-refractivity contribution in [1.29, 1.82) is 0 Å². The van der Waals surface area contributed by atoms with Gasteiger partial charge < -0.3 is 19.9 Å². The zero-order valence-corrected chi connectivity index (χ0v) is 17.9. The summed E-state index contributed by atoms with van der Waals surface area (Å²) in [6, 6.07) is 3.13. The van der Waals surface area contributed by atoms with E-state index in [9.17, 15) is 18.3 Å². The molecule has 3 heterocycles. The number of rotatable bonds is 4. The van der Waals surface area contributed by atoms with Crippen LogP contribution in [0.15, 0.2) is 18.2 Å². The van der Waals surface area contributed by atoms with Gasteiger partial charge in [0.2, 0.25) is 0 Å². The van der Waals surface area contributed by atoms with Crippen LogP contribution in [0.5, 0.6) is 5.75 Å². The zero-order valence-electron chi connectivity index (χ0n) is 17.9. The number of aromatic hydroxyl groups is 1. The van der Waals surface area contributed by atoms with Gasteiger partial charge in [-0.25, -0.2) is 4.98 Å². The molecule has 0 bridgehead atoms. The molecule has 1 aliphatic carbocycles. The SMILES string of the molecule is CN1CCC[C@@H](Nc2nnc(-c3ccc(C(F)(F)F)cc3O)c3c2nc(C2CC2)n3C)C1. The molecular weight excluding hydrogens is 421 g/mol. The molecule has 0 unspecified atom stereocenters. The van der Waals surface area contributed by atoms with Gasteiger partial charge >= 0.3 is 6.18 Å². The molecule has 1 aromatic carbocycles. The molecule has 2 aliphatic rings. The lowest BCUT2D eigenvalue weighted by atomic mass is 10.1. The fourth-order valence-electron chi connectivity index (χ4n) is 4.52. The van der Waals surface area contributed by atoms with Crippen molar-refractivity contribution >= 4 is 16.9 Å².